The quantitative estimate of drug-likeness (QED) is 0.911. The number of carbonyl (C=O) groups is 2. The molecule has 6 nitrogen and oxygen atoms in total. The van der Waals surface area contributed by atoms with Gasteiger partial charge in [-0.3, -0.25) is 4.79 Å². The Labute approximate surface area is 151 Å². The zero-order valence-electron chi connectivity index (χ0n) is 15.1. The lowest BCUT2D eigenvalue weighted by molar-refractivity contribution is -0.149. The molecule has 1 amide bonds. The number of halogens is 1. The SMILES string of the molecule is Cc1ccc(-n2ncc(C(=O)N3CCC(F)(C(=O)O)C3)c2C(C)C)cc1. The Morgan fingerprint density at radius 1 is 1.27 bits per heavy atom. The van der Waals surface area contributed by atoms with Gasteiger partial charge in [-0.15, -0.1) is 0 Å². The second-order valence-electron chi connectivity index (χ2n) is 7.09. The maximum atomic E-state index is 14.3. The molecule has 0 aliphatic carbocycles. The lowest BCUT2D eigenvalue weighted by atomic mass is 10.0. The molecule has 0 radical (unpaired) electrons. The van der Waals surface area contributed by atoms with Gasteiger partial charge in [0.05, 0.1) is 29.7 Å². The number of hydrogen-bond donors (Lipinski definition) is 1. The van der Waals surface area contributed by atoms with Crippen LogP contribution in [0.25, 0.3) is 5.69 Å². The van der Waals surface area contributed by atoms with Crippen LogP contribution in [0, 0.1) is 6.92 Å². The molecule has 1 atom stereocenters. The largest absolute Gasteiger partial charge is 0.479 e. The van der Waals surface area contributed by atoms with E-state index in [0.29, 0.717) is 5.56 Å². The molecule has 1 aromatic carbocycles. The van der Waals surface area contributed by atoms with Crippen LogP contribution in [0.15, 0.2) is 30.5 Å². The number of rotatable bonds is 4. The highest BCUT2D eigenvalue weighted by atomic mass is 19.1. The summed E-state index contributed by atoms with van der Waals surface area (Å²) >= 11 is 0. The van der Waals surface area contributed by atoms with Crippen molar-refractivity contribution in [1.29, 1.82) is 0 Å². The highest BCUT2D eigenvalue weighted by molar-refractivity contribution is 5.96. The molecule has 0 saturated carbocycles. The standard InChI is InChI=1S/C19H22FN3O3/c1-12(2)16-15(10-21-23(16)14-6-4-13(3)5-7-14)17(24)22-9-8-19(20,11-22)18(25)26/h4-7,10,12H,8-9,11H2,1-3H3,(H,25,26). The fraction of sp³-hybridized carbons (Fsp3) is 0.421. The number of aromatic nitrogens is 2. The van der Waals surface area contributed by atoms with Crippen molar-refractivity contribution in [1.82, 2.24) is 14.7 Å². The van der Waals surface area contributed by atoms with Crippen molar-refractivity contribution in [3.8, 4) is 5.69 Å². The molecule has 2 heterocycles. The molecule has 1 fully saturated rings. The van der Waals surface area contributed by atoms with Gasteiger partial charge >= 0.3 is 5.97 Å². The lowest BCUT2D eigenvalue weighted by Crippen LogP contribution is -2.39. The fourth-order valence-electron chi connectivity index (χ4n) is 3.26. The Hall–Kier alpha value is -2.70. The van der Waals surface area contributed by atoms with Crippen molar-refractivity contribution in [2.24, 2.45) is 0 Å². The van der Waals surface area contributed by atoms with Crippen LogP contribution in [0.4, 0.5) is 4.39 Å². The lowest BCUT2D eigenvalue weighted by Gasteiger charge is -2.19. The van der Waals surface area contributed by atoms with E-state index in [1.165, 1.54) is 11.1 Å². The van der Waals surface area contributed by atoms with Gasteiger partial charge in [0.2, 0.25) is 5.67 Å². The van der Waals surface area contributed by atoms with E-state index in [9.17, 15) is 14.0 Å². The molecule has 1 N–H and O–H groups in total. The zero-order chi connectivity index (χ0) is 19.1. The van der Waals surface area contributed by atoms with Gasteiger partial charge in [-0.1, -0.05) is 31.5 Å². The number of benzene rings is 1. The summed E-state index contributed by atoms with van der Waals surface area (Å²) in [6.07, 6.45) is 1.29. The number of carboxylic acid groups (broad SMARTS) is 1. The number of carbonyl (C=O) groups excluding carboxylic acids is 1. The maximum Gasteiger partial charge on any atom is 0.343 e. The molecule has 1 aliphatic rings. The molecule has 2 aromatic rings. The van der Waals surface area contributed by atoms with E-state index >= 15 is 0 Å². The van der Waals surface area contributed by atoms with Gasteiger partial charge in [-0.2, -0.15) is 5.10 Å². The van der Waals surface area contributed by atoms with Gasteiger partial charge in [0.25, 0.3) is 5.91 Å². The number of carboxylic acids is 1. The van der Waals surface area contributed by atoms with Crippen LogP contribution in [0.2, 0.25) is 0 Å². The predicted molar refractivity (Wildman–Crippen MR) is 94.4 cm³/mol. The maximum absolute atomic E-state index is 14.3. The molecule has 7 heteroatoms. The van der Waals surface area contributed by atoms with Crippen LogP contribution in [-0.2, 0) is 4.79 Å². The number of nitrogens with zero attached hydrogens (tertiary/aromatic N) is 3. The van der Waals surface area contributed by atoms with Gasteiger partial charge in [0.15, 0.2) is 0 Å². The topological polar surface area (TPSA) is 75.4 Å². The summed E-state index contributed by atoms with van der Waals surface area (Å²) in [6, 6.07) is 7.78. The predicted octanol–water partition coefficient (Wildman–Crippen LogP) is 2.94. The van der Waals surface area contributed by atoms with E-state index < -0.39 is 18.2 Å². The number of alkyl halides is 1. The Morgan fingerprint density at radius 3 is 2.46 bits per heavy atom. The minimum absolute atomic E-state index is 0.00923. The van der Waals surface area contributed by atoms with Crippen LogP contribution in [-0.4, -0.2) is 50.4 Å². The van der Waals surface area contributed by atoms with E-state index in [-0.39, 0.29) is 24.8 Å². The molecule has 3 rings (SSSR count). The van der Waals surface area contributed by atoms with E-state index in [4.69, 9.17) is 5.11 Å². The summed E-state index contributed by atoms with van der Waals surface area (Å²) in [4.78, 5) is 25.2. The molecule has 1 saturated heterocycles. The molecule has 26 heavy (non-hydrogen) atoms. The normalized spacial score (nSPS) is 20.0. The van der Waals surface area contributed by atoms with Crippen molar-refractivity contribution >= 4 is 11.9 Å². The first kappa shape index (κ1) is 18.1. The molecule has 0 bridgehead atoms. The van der Waals surface area contributed by atoms with Crippen LogP contribution < -0.4 is 0 Å². The minimum Gasteiger partial charge on any atom is -0.479 e. The second kappa shape index (κ2) is 6.55. The first-order valence-corrected chi connectivity index (χ1v) is 8.59. The molecule has 1 aliphatic heterocycles. The highest BCUT2D eigenvalue weighted by Crippen LogP contribution is 2.30. The average Bonchev–Trinajstić information content (AvgIpc) is 3.20. The van der Waals surface area contributed by atoms with Crippen LogP contribution in [0.5, 0.6) is 0 Å². The molecular formula is C19H22FN3O3. The molecule has 0 spiro atoms. The molecule has 1 unspecified atom stereocenters. The van der Waals surface area contributed by atoms with Crippen molar-refractivity contribution in [2.45, 2.75) is 38.8 Å². The highest BCUT2D eigenvalue weighted by Gasteiger charge is 2.47. The summed E-state index contributed by atoms with van der Waals surface area (Å²) in [6.45, 7) is 5.55. The third-order valence-corrected chi connectivity index (χ3v) is 4.75. The Kier molecular flexibility index (Phi) is 4.56. The van der Waals surface area contributed by atoms with Crippen molar-refractivity contribution in [3.05, 3.63) is 47.3 Å². The van der Waals surface area contributed by atoms with Crippen molar-refractivity contribution in [3.63, 3.8) is 0 Å². The second-order valence-corrected chi connectivity index (χ2v) is 7.09. The van der Waals surface area contributed by atoms with Gasteiger partial charge in [-0.05, 0) is 25.0 Å². The first-order valence-electron chi connectivity index (χ1n) is 8.59. The average molecular weight is 359 g/mol. The van der Waals surface area contributed by atoms with Crippen molar-refractivity contribution in [2.75, 3.05) is 13.1 Å². The minimum atomic E-state index is -2.37. The summed E-state index contributed by atoms with van der Waals surface area (Å²) < 4.78 is 16.0. The van der Waals surface area contributed by atoms with Gasteiger partial charge < -0.3 is 10.0 Å². The summed E-state index contributed by atoms with van der Waals surface area (Å²) in [5, 5.41) is 13.4. The third kappa shape index (κ3) is 3.09. The Bertz CT molecular complexity index is 844. The van der Waals surface area contributed by atoms with Gasteiger partial charge in [0.1, 0.15) is 0 Å². The smallest absolute Gasteiger partial charge is 0.343 e. The number of hydrogen-bond acceptors (Lipinski definition) is 3. The summed E-state index contributed by atoms with van der Waals surface area (Å²) in [5.41, 5.74) is 0.694. The summed E-state index contributed by atoms with van der Waals surface area (Å²) in [7, 11) is 0. The molecular weight excluding hydrogens is 337 g/mol. The third-order valence-electron chi connectivity index (χ3n) is 4.75. The van der Waals surface area contributed by atoms with E-state index in [1.807, 2.05) is 45.0 Å². The monoisotopic (exact) mass is 359 g/mol. The van der Waals surface area contributed by atoms with Crippen LogP contribution >= 0.6 is 0 Å². The Morgan fingerprint density at radius 2 is 1.92 bits per heavy atom. The fourth-order valence-corrected chi connectivity index (χ4v) is 3.26. The zero-order valence-corrected chi connectivity index (χ0v) is 15.1. The number of aliphatic carboxylic acids is 1. The van der Waals surface area contributed by atoms with Gasteiger partial charge in [0, 0.05) is 13.0 Å². The van der Waals surface area contributed by atoms with Gasteiger partial charge in [-0.25, -0.2) is 13.9 Å². The molecule has 1 aromatic heterocycles. The number of amides is 1. The Balaban J connectivity index is 1.95. The van der Waals surface area contributed by atoms with E-state index in [2.05, 4.69) is 5.10 Å². The van der Waals surface area contributed by atoms with Crippen molar-refractivity contribution < 1.29 is 19.1 Å². The number of likely N-dealkylation sites (tertiary alicyclic amines) is 1. The molecule has 138 valence electrons. The summed E-state index contributed by atoms with van der Waals surface area (Å²) in [5.74, 6) is -1.89. The van der Waals surface area contributed by atoms with E-state index in [0.717, 1.165) is 16.9 Å². The van der Waals surface area contributed by atoms with Crippen LogP contribution in [0.1, 0.15) is 47.8 Å². The number of aryl methyl sites for hydroxylation is 1. The van der Waals surface area contributed by atoms with Crippen LogP contribution in [0.3, 0.4) is 0 Å². The first-order chi connectivity index (χ1) is 12.2. The van der Waals surface area contributed by atoms with E-state index in [1.54, 1.807) is 4.68 Å².